The van der Waals surface area contributed by atoms with E-state index in [4.69, 9.17) is 25.8 Å². The summed E-state index contributed by atoms with van der Waals surface area (Å²) in [6, 6.07) is 0. The third-order valence-electron chi connectivity index (χ3n) is 6.62. The Kier molecular flexibility index (Phi) is 74.9. The van der Waals surface area contributed by atoms with Crippen molar-refractivity contribution in [2.24, 2.45) is 5.73 Å². The molecule has 0 fully saturated rings. The number of hydrogen-bond acceptors (Lipinski definition) is 6. The average molecular weight is 692 g/mol. The molecule has 0 bridgehead atoms. The highest BCUT2D eigenvalue weighted by molar-refractivity contribution is 5.73. The van der Waals surface area contributed by atoms with Crippen LogP contribution < -0.4 is 5.73 Å². The summed E-state index contributed by atoms with van der Waals surface area (Å²) in [7, 11) is 0. The summed E-state index contributed by atoms with van der Waals surface area (Å²) in [5.74, 6) is -0.188. The van der Waals surface area contributed by atoms with E-state index >= 15 is 0 Å². The maximum Gasteiger partial charge on any atom is 0.217 e. The van der Waals surface area contributed by atoms with Gasteiger partial charge < -0.3 is 30.9 Å². The van der Waals surface area contributed by atoms with Gasteiger partial charge in [0.05, 0.1) is 18.8 Å². The summed E-state index contributed by atoms with van der Waals surface area (Å²) in [6.07, 6.45) is 27.8. The quantitative estimate of drug-likeness (QED) is 0.0453. The Bertz CT molecular complexity index is 581. The van der Waals surface area contributed by atoms with Crippen LogP contribution in [0.4, 0.5) is 0 Å². The molecule has 0 aliphatic carbocycles. The highest BCUT2D eigenvalue weighted by Crippen LogP contribution is 2.13. The normalized spacial score (nSPS) is 11.6. The molecule has 7 heteroatoms. The van der Waals surface area contributed by atoms with Gasteiger partial charge in [0.1, 0.15) is 0 Å². The van der Waals surface area contributed by atoms with E-state index in [0.717, 1.165) is 44.9 Å². The number of hydrogen-bond donors (Lipinski definition) is 5. The molecule has 0 aromatic heterocycles. The van der Waals surface area contributed by atoms with Gasteiger partial charge in [0.2, 0.25) is 5.91 Å². The first-order valence-electron chi connectivity index (χ1n) is 20.0. The van der Waals surface area contributed by atoms with Crippen LogP contribution in [-0.2, 0) is 9.53 Å². The third kappa shape index (κ3) is 70.9. The molecule has 7 nitrogen and oxygen atoms in total. The zero-order valence-electron chi connectivity index (χ0n) is 34.0. The van der Waals surface area contributed by atoms with E-state index in [-0.39, 0.29) is 25.2 Å². The molecule has 294 valence electrons. The molecular formula is C41H89NO6. The molecule has 0 rings (SSSR count). The van der Waals surface area contributed by atoms with Crippen molar-refractivity contribution in [2.45, 2.75) is 210 Å². The second kappa shape index (κ2) is 61.0. The number of aliphatic hydroxyl groups excluding tert-OH is 4. The Balaban J connectivity index is -0.000000151. The number of nitrogens with two attached hydrogens (primary N) is 1. The van der Waals surface area contributed by atoms with Crippen molar-refractivity contribution in [3.63, 3.8) is 0 Å². The highest BCUT2D eigenvalue weighted by atomic mass is 16.5. The lowest BCUT2D eigenvalue weighted by Gasteiger charge is -2.11. The summed E-state index contributed by atoms with van der Waals surface area (Å²) < 4.78 is 5.35. The molecule has 48 heavy (non-hydrogen) atoms. The molecule has 1 amide bonds. The first kappa shape index (κ1) is 58.9. The lowest BCUT2D eigenvalue weighted by Crippen LogP contribution is -2.16. The van der Waals surface area contributed by atoms with Crippen LogP contribution in [0.25, 0.3) is 0 Å². The SMILES string of the molecule is C/C=C(\C=C/CC)CCCCCC(N)=O.CC.CC.CCC.CCCCCCCCCCCCC(O)CCOCCC(O)CO.CCO. The largest absolute Gasteiger partial charge is 0.397 e. The number of unbranched alkanes of at least 4 members (excludes halogenated alkanes) is 11. The van der Waals surface area contributed by atoms with Crippen molar-refractivity contribution in [2.75, 3.05) is 26.4 Å². The number of carbonyl (C=O) groups excluding carboxylic acids is 1. The van der Waals surface area contributed by atoms with Crippen molar-refractivity contribution >= 4 is 5.91 Å². The first-order valence-corrected chi connectivity index (χ1v) is 20.0. The Hall–Kier alpha value is -1.25. The summed E-state index contributed by atoms with van der Waals surface area (Å²) in [6.45, 7) is 21.4. The fourth-order valence-corrected chi connectivity index (χ4v) is 4.04. The zero-order chi connectivity index (χ0) is 38.1. The van der Waals surface area contributed by atoms with E-state index in [2.05, 4.69) is 52.8 Å². The van der Waals surface area contributed by atoms with Crippen molar-refractivity contribution in [3.8, 4) is 0 Å². The molecule has 2 unspecified atom stereocenters. The summed E-state index contributed by atoms with van der Waals surface area (Å²) in [5, 5.41) is 35.2. The first-order chi connectivity index (χ1) is 23.2. The van der Waals surface area contributed by atoms with Gasteiger partial charge >= 0.3 is 0 Å². The van der Waals surface area contributed by atoms with Crippen LogP contribution in [0.3, 0.4) is 0 Å². The predicted octanol–water partition coefficient (Wildman–Crippen LogP) is 10.6. The minimum atomic E-state index is -0.688. The standard InChI is InChI=1S/C19H40O4.C13H23NO.C3H8.C2H6O.2C2H6/c1-2-3-4-5-6-7-8-9-10-11-12-18(21)13-15-23-16-14-19(22)17-20;1-3-5-9-12(4-2)10-7-6-8-11-13(14)15;1-3-2;1-2-3;2*1-2/h18-22H,2-17H2,1H3;4-5,9H,3,6-8,10-11H2,1-2H3,(H2,14,15);3H2,1-2H3;3H,2H2,1H3;2*1-2H3/b;9-5-,12-4+;;;;. The average Bonchev–Trinajstić information content (AvgIpc) is 3.09. The Morgan fingerprint density at radius 3 is 1.50 bits per heavy atom. The maximum absolute atomic E-state index is 10.5. The lowest BCUT2D eigenvalue weighted by atomic mass is 10.0. The van der Waals surface area contributed by atoms with Gasteiger partial charge in [0.15, 0.2) is 0 Å². The van der Waals surface area contributed by atoms with Crippen LogP contribution in [0.1, 0.15) is 198 Å². The van der Waals surface area contributed by atoms with E-state index < -0.39 is 6.10 Å². The summed E-state index contributed by atoms with van der Waals surface area (Å²) in [5.41, 5.74) is 6.45. The molecule has 0 heterocycles. The molecule has 6 N–H and O–H groups in total. The number of carbonyl (C=O) groups is 1. The van der Waals surface area contributed by atoms with Crippen molar-refractivity contribution in [1.29, 1.82) is 0 Å². The highest BCUT2D eigenvalue weighted by Gasteiger charge is 2.05. The number of aliphatic hydroxyl groups is 4. The monoisotopic (exact) mass is 692 g/mol. The molecule has 0 aromatic rings. The lowest BCUT2D eigenvalue weighted by molar-refractivity contribution is -0.118. The number of rotatable bonds is 26. The summed E-state index contributed by atoms with van der Waals surface area (Å²) in [4.78, 5) is 10.5. The maximum atomic E-state index is 10.5. The topological polar surface area (TPSA) is 133 Å². The molecular weight excluding hydrogens is 602 g/mol. The Morgan fingerprint density at radius 1 is 0.667 bits per heavy atom. The van der Waals surface area contributed by atoms with Gasteiger partial charge in [-0.25, -0.2) is 0 Å². The fourth-order valence-electron chi connectivity index (χ4n) is 4.04. The van der Waals surface area contributed by atoms with Gasteiger partial charge in [-0.3, -0.25) is 4.79 Å². The molecule has 0 aliphatic heterocycles. The fraction of sp³-hybridized carbons (Fsp3) is 0.878. The number of primary amides is 1. The van der Waals surface area contributed by atoms with E-state index in [0.29, 0.717) is 32.5 Å². The van der Waals surface area contributed by atoms with E-state index in [1.165, 1.54) is 69.8 Å². The minimum absolute atomic E-state index is 0.188. The predicted molar refractivity (Wildman–Crippen MR) is 213 cm³/mol. The van der Waals surface area contributed by atoms with Crippen molar-refractivity contribution < 1.29 is 30.0 Å². The number of amides is 1. The van der Waals surface area contributed by atoms with Crippen LogP contribution >= 0.6 is 0 Å². The molecule has 0 saturated heterocycles. The van der Waals surface area contributed by atoms with Crippen molar-refractivity contribution in [3.05, 3.63) is 23.8 Å². The Morgan fingerprint density at radius 2 is 1.08 bits per heavy atom. The molecule has 2 atom stereocenters. The number of ether oxygens (including phenoxy) is 1. The minimum Gasteiger partial charge on any atom is -0.397 e. The van der Waals surface area contributed by atoms with Crippen molar-refractivity contribution in [1.82, 2.24) is 0 Å². The molecule has 0 aliphatic rings. The third-order valence-corrected chi connectivity index (χ3v) is 6.62. The van der Waals surface area contributed by atoms with Gasteiger partial charge in [-0.2, -0.15) is 0 Å². The van der Waals surface area contributed by atoms with Gasteiger partial charge in [-0.05, 0) is 58.8 Å². The summed E-state index contributed by atoms with van der Waals surface area (Å²) >= 11 is 0. The van der Waals surface area contributed by atoms with E-state index in [1.54, 1.807) is 6.92 Å². The molecule has 0 spiro atoms. The molecule has 0 saturated carbocycles. The van der Waals surface area contributed by atoms with Gasteiger partial charge in [-0.1, -0.05) is 156 Å². The van der Waals surface area contributed by atoms with Gasteiger partial charge in [-0.15, -0.1) is 0 Å². The molecule has 0 aromatic carbocycles. The van der Waals surface area contributed by atoms with Crippen LogP contribution in [0.15, 0.2) is 23.8 Å². The second-order valence-corrected chi connectivity index (χ2v) is 11.4. The van der Waals surface area contributed by atoms with E-state index in [9.17, 15) is 9.90 Å². The van der Waals surface area contributed by atoms with Crippen LogP contribution in [-0.4, -0.2) is 65.0 Å². The van der Waals surface area contributed by atoms with Gasteiger partial charge in [0, 0.05) is 26.2 Å². The zero-order valence-corrected chi connectivity index (χ0v) is 34.0. The van der Waals surface area contributed by atoms with E-state index in [1.807, 2.05) is 27.7 Å². The van der Waals surface area contributed by atoms with Crippen LogP contribution in [0, 0.1) is 0 Å². The second-order valence-electron chi connectivity index (χ2n) is 11.4. The van der Waals surface area contributed by atoms with Gasteiger partial charge in [0.25, 0.3) is 0 Å². The Labute approximate surface area is 301 Å². The molecule has 0 radical (unpaired) electrons. The number of allylic oxidation sites excluding steroid dienone is 4. The van der Waals surface area contributed by atoms with Crippen LogP contribution in [0.2, 0.25) is 0 Å². The van der Waals surface area contributed by atoms with Crippen LogP contribution in [0.5, 0.6) is 0 Å². The smallest absolute Gasteiger partial charge is 0.217 e.